The van der Waals surface area contributed by atoms with E-state index in [2.05, 4.69) is 15.2 Å². The summed E-state index contributed by atoms with van der Waals surface area (Å²) < 4.78 is 0. The van der Waals surface area contributed by atoms with Gasteiger partial charge in [-0.15, -0.1) is 0 Å². The Labute approximate surface area is 140 Å². The second-order valence-corrected chi connectivity index (χ2v) is 6.84. The maximum atomic E-state index is 12.3. The van der Waals surface area contributed by atoms with Crippen LogP contribution in [-0.2, 0) is 0 Å². The zero-order valence-electron chi connectivity index (χ0n) is 12.4. The van der Waals surface area contributed by atoms with Crippen LogP contribution in [0, 0.1) is 5.92 Å². The maximum Gasteiger partial charge on any atom is 0.323 e. The Morgan fingerprint density at radius 1 is 1.27 bits per heavy atom. The van der Waals surface area contributed by atoms with Crippen molar-refractivity contribution in [2.75, 3.05) is 38.0 Å². The van der Waals surface area contributed by atoms with Crippen LogP contribution in [0.4, 0.5) is 10.6 Å². The van der Waals surface area contributed by atoms with Gasteiger partial charge in [0, 0.05) is 31.9 Å². The number of amides is 2. The van der Waals surface area contributed by atoms with E-state index in [9.17, 15) is 4.79 Å². The molecule has 0 aromatic carbocycles. The number of nitrogens with zero attached hydrogens (tertiary/aromatic N) is 3. The first-order valence-electron chi connectivity index (χ1n) is 7.71. The summed E-state index contributed by atoms with van der Waals surface area (Å²) in [4.78, 5) is 20.7. The highest BCUT2D eigenvalue weighted by molar-refractivity contribution is 6.42. The van der Waals surface area contributed by atoms with Gasteiger partial charge in [0.15, 0.2) is 0 Å². The average molecular weight is 343 g/mol. The van der Waals surface area contributed by atoms with E-state index >= 15 is 0 Å². The molecule has 3 heterocycles. The molecule has 1 atom stereocenters. The van der Waals surface area contributed by atoms with E-state index in [0.29, 0.717) is 21.8 Å². The highest BCUT2D eigenvalue weighted by atomic mass is 35.5. The zero-order chi connectivity index (χ0) is 15.5. The minimum Gasteiger partial charge on any atom is -0.324 e. The fraction of sp³-hybridized carbons (Fsp3) is 0.600. The largest absolute Gasteiger partial charge is 0.324 e. The summed E-state index contributed by atoms with van der Waals surface area (Å²) in [5, 5.41) is 3.56. The molecule has 0 bridgehead atoms. The monoisotopic (exact) mass is 342 g/mol. The lowest BCUT2D eigenvalue weighted by Crippen LogP contribution is -2.35. The number of aromatic nitrogens is 1. The molecule has 2 amide bonds. The van der Waals surface area contributed by atoms with Crippen LogP contribution >= 0.6 is 23.2 Å². The van der Waals surface area contributed by atoms with Crippen molar-refractivity contribution in [1.82, 2.24) is 14.8 Å². The predicted molar refractivity (Wildman–Crippen MR) is 88.6 cm³/mol. The van der Waals surface area contributed by atoms with Gasteiger partial charge in [-0.3, -0.25) is 5.32 Å². The molecule has 7 heteroatoms. The van der Waals surface area contributed by atoms with Gasteiger partial charge in [0.1, 0.15) is 5.82 Å². The average Bonchev–Trinajstić information content (AvgIpc) is 3.15. The summed E-state index contributed by atoms with van der Waals surface area (Å²) in [6.07, 6.45) is 5.12. The molecule has 1 aromatic rings. The van der Waals surface area contributed by atoms with Crippen molar-refractivity contribution in [3.05, 3.63) is 22.3 Å². The standard InChI is InChI=1S/C15H20Cl2N4O/c16-12-7-14(18-8-13(12)17)19-15(22)21-6-3-11(10-21)9-20-4-1-2-5-20/h7-8,11H,1-6,9-10H2,(H,18,19,22)/t11-/m0/s1. The van der Waals surface area contributed by atoms with E-state index in [0.717, 1.165) is 26.1 Å². The van der Waals surface area contributed by atoms with Gasteiger partial charge >= 0.3 is 6.03 Å². The van der Waals surface area contributed by atoms with Crippen LogP contribution in [0.2, 0.25) is 10.0 Å². The normalized spacial score (nSPS) is 22.3. The first kappa shape index (κ1) is 15.8. The quantitative estimate of drug-likeness (QED) is 0.916. The molecule has 0 aliphatic carbocycles. The number of urea groups is 1. The topological polar surface area (TPSA) is 48.5 Å². The third-order valence-corrected chi connectivity index (χ3v) is 5.04. The Hall–Kier alpha value is -1.04. The number of rotatable bonds is 3. The van der Waals surface area contributed by atoms with Crippen LogP contribution in [0.25, 0.3) is 0 Å². The molecule has 2 aliphatic rings. The third kappa shape index (κ3) is 3.83. The predicted octanol–water partition coefficient (Wildman–Crippen LogP) is 3.34. The van der Waals surface area contributed by atoms with Crippen molar-refractivity contribution in [3.63, 3.8) is 0 Å². The molecule has 0 radical (unpaired) electrons. The molecule has 2 saturated heterocycles. The van der Waals surface area contributed by atoms with Crippen molar-refractivity contribution in [3.8, 4) is 0 Å². The summed E-state index contributed by atoms with van der Waals surface area (Å²) >= 11 is 11.8. The lowest BCUT2D eigenvalue weighted by molar-refractivity contribution is 0.217. The van der Waals surface area contributed by atoms with Crippen LogP contribution in [0.15, 0.2) is 12.3 Å². The molecule has 2 fully saturated rings. The fourth-order valence-corrected chi connectivity index (χ4v) is 3.42. The Kier molecular flexibility index (Phi) is 5.06. The molecule has 22 heavy (non-hydrogen) atoms. The van der Waals surface area contributed by atoms with Crippen molar-refractivity contribution >= 4 is 35.1 Å². The number of anilines is 1. The SMILES string of the molecule is O=C(Nc1cc(Cl)c(Cl)cn1)N1CC[C@@H](CN2CCCC2)C1. The molecule has 0 unspecified atom stereocenters. The second kappa shape index (κ2) is 7.02. The minimum absolute atomic E-state index is 0.116. The number of halogens is 2. The summed E-state index contributed by atoms with van der Waals surface area (Å²) in [5.41, 5.74) is 0. The third-order valence-electron chi connectivity index (χ3n) is 4.33. The highest BCUT2D eigenvalue weighted by Crippen LogP contribution is 2.24. The Bertz CT molecular complexity index is 548. The van der Waals surface area contributed by atoms with Crippen LogP contribution in [0.5, 0.6) is 0 Å². The van der Waals surface area contributed by atoms with Crippen LogP contribution in [0.3, 0.4) is 0 Å². The van der Waals surface area contributed by atoms with E-state index in [4.69, 9.17) is 23.2 Å². The van der Waals surface area contributed by atoms with Gasteiger partial charge in [-0.2, -0.15) is 0 Å². The molecular weight excluding hydrogens is 323 g/mol. The lowest BCUT2D eigenvalue weighted by Gasteiger charge is -2.20. The van der Waals surface area contributed by atoms with Crippen LogP contribution in [-0.4, -0.2) is 53.5 Å². The number of nitrogens with one attached hydrogen (secondary N) is 1. The van der Waals surface area contributed by atoms with E-state index in [-0.39, 0.29) is 6.03 Å². The second-order valence-electron chi connectivity index (χ2n) is 6.02. The van der Waals surface area contributed by atoms with E-state index in [1.807, 2.05) is 4.90 Å². The number of pyridine rings is 1. The van der Waals surface area contributed by atoms with Gasteiger partial charge in [0.25, 0.3) is 0 Å². The van der Waals surface area contributed by atoms with Gasteiger partial charge in [-0.25, -0.2) is 9.78 Å². The molecule has 0 saturated carbocycles. The zero-order valence-corrected chi connectivity index (χ0v) is 13.9. The Morgan fingerprint density at radius 3 is 2.77 bits per heavy atom. The summed E-state index contributed by atoms with van der Waals surface area (Å²) in [6.45, 7) is 5.12. The van der Waals surface area contributed by atoms with Crippen molar-refractivity contribution in [1.29, 1.82) is 0 Å². The Morgan fingerprint density at radius 2 is 2.05 bits per heavy atom. The fourth-order valence-electron chi connectivity index (χ4n) is 3.17. The number of carbonyl (C=O) groups is 1. The van der Waals surface area contributed by atoms with E-state index < -0.39 is 0 Å². The minimum atomic E-state index is -0.116. The van der Waals surface area contributed by atoms with Gasteiger partial charge in [0.2, 0.25) is 0 Å². The first-order chi connectivity index (χ1) is 10.6. The molecule has 3 rings (SSSR count). The van der Waals surface area contributed by atoms with E-state index in [1.165, 1.54) is 32.1 Å². The van der Waals surface area contributed by atoms with Crippen molar-refractivity contribution in [2.45, 2.75) is 19.3 Å². The summed E-state index contributed by atoms with van der Waals surface area (Å²) in [6, 6.07) is 1.45. The summed E-state index contributed by atoms with van der Waals surface area (Å²) in [7, 11) is 0. The number of hydrogen-bond acceptors (Lipinski definition) is 3. The van der Waals surface area contributed by atoms with Crippen molar-refractivity contribution in [2.24, 2.45) is 5.92 Å². The molecule has 1 N–H and O–H groups in total. The molecular formula is C15H20Cl2N4O. The van der Waals surface area contributed by atoms with Gasteiger partial charge in [0.05, 0.1) is 10.0 Å². The van der Waals surface area contributed by atoms with E-state index in [1.54, 1.807) is 6.07 Å². The van der Waals surface area contributed by atoms with Crippen LogP contribution < -0.4 is 5.32 Å². The molecule has 0 spiro atoms. The summed E-state index contributed by atoms with van der Waals surface area (Å²) in [5.74, 6) is 1.01. The Balaban J connectivity index is 1.51. The van der Waals surface area contributed by atoms with Gasteiger partial charge < -0.3 is 9.80 Å². The number of hydrogen-bond donors (Lipinski definition) is 1. The van der Waals surface area contributed by atoms with Crippen molar-refractivity contribution < 1.29 is 4.79 Å². The van der Waals surface area contributed by atoms with Crippen LogP contribution in [0.1, 0.15) is 19.3 Å². The molecule has 2 aliphatic heterocycles. The maximum absolute atomic E-state index is 12.3. The smallest absolute Gasteiger partial charge is 0.323 e. The van der Waals surface area contributed by atoms with Gasteiger partial charge in [-0.05, 0) is 38.3 Å². The highest BCUT2D eigenvalue weighted by Gasteiger charge is 2.28. The molecule has 1 aromatic heterocycles. The van der Waals surface area contributed by atoms with Gasteiger partial charge in [-0.1, -0.05) is 23.2 Å². The molecule has 120 valence electrons. The lowest BCUT2D eigenvalue weighted by atomic mass is 10.1. The number of likely N-dealkylation sites (tertiary alicyclic amines) is 2. The first-order valence-corrected chi connectivity index (χ1v) is 8.47. The molecule has 5 nitrogen and oxygen atoms in total. The number of carbonyl (C=O) groups excluding carboxylic acids is 1.